The normalized spacial score (nSPS) is 23.1. The van der Waals surface area contributed by atoms with Gasteiger partial charge in [-0.15, -0.1) is 0 Å². The molecule has 7 heteroatoms. The highest BCUT2D eigenvalue weighted by Gasteiger charge is 2.27. The Morgan fingerprint density at radius 2 is 2.26 bits per heavy atom. The Kier molecular flexibility index (Phi) is 4.78. The summed E-state index contributed by atoms with van der Waals surface area (Å²) < 4.78 is 5.64. The fourth-order valence-corrected chi connectivity index (χ4v) is 2.83. The first-order valence-corrected chi connectivity index (χ1v) is 7.86. The largest absolute Gasteiger partial charge is 0.492 e. The Balaban J connectivity index is 1.42. The van der Waals surface area contributed by atoms with Crippen LogP contribution in [0, 0.1) is 0 Å². The average molecular weight is 319 g/mol. The molecule has 2 aliphatic rings. The topological polar surface area (TPSA) is 99.7 Å². The maximum absolute atomic E-state index is 11.8. The van der Waals surface area contributed by atoms with E-state index in [0.717, 1.165) is 17.0 Å². The lowest BCUT2D eigenvalue weighted by Crippen LogP contribution is -2.41. The van der Waals surface area contributed by atoms with Crippen LogP contribution in [0.2, 0.25) is 0 Å². The van der Waals surface area contributed by atoms with E-state index in [-0.39, 0.29) is 17.9 Å². The molecule has 1 fully saturated rings. The molecule has 124 valence electrons. The van der Waals surface area contributed by atoms with Crippen LogP contribution in [0.5, 0.6) is 5.75 Å². The Hall–Kier alpha value is -2.12. The third-order valence-corrected chi connectivity index (χ3v) is 4.07. The van der Waals surface area contributed by atoms with Crippen molar-refractivity contribution in [3.05, 3.63) is 23.8 Å². The molecule has 0 bridgehead atoms. The summed E-state index contributed by atoms with van der Waals surface area (Å²) in [4.78, 5) is 23.2. The molecule has 23 heavy (non-hydrogen) atoms. The molecular weight excluding hydrogens is 298 g/mol. The van der Waals surface area contributed by atoms with Gasteiger partial charge in [0.2, 0.25) is 11.8 Å². The average Bonchev–Trinajstić information content (AvgIpc) is 2.98. The highest BCUT2D eigenvalue weighted by atomic mass is 16.5. The van der Waals surface area contributed by atoms with E-state index in [2.05, 4.69) is 16.0 Å². The third-order valence-electron chi connectivity index (χ3n) is 4.07. The zero-order valence-electron chi connectivity index (χ0n) is 12.8. The number of aliphatic hydroxyl groups excluding tert-OH is 1. The summed E-state index contributed by atoms with van der Waals surface area (Å²) in [6, 6.07) is 5.24. The summed E-state index contributed by atoms with van der Waals surface area (Å²) in [6.45, 7) is 1.23. The first-order valence-electron chi connectivity index (χ1n) is 7.86. The summed E-state index contributed by atoms with van der Waals surface area (Å²) >= 11 is 0. The van der Waals surface area contributed by atoms with Crippen LogP contribution in [0.25, 0.3) is 0 Å². The first-order chi connectivity index (χ1) is 11.1. The minimum absolute atomic E-state index is 0.0412. The maximum Gasteiger partial charge on any atom is 0.237 e. The molecule has 4 N–H and O–H groups in total. The van der Waals surface area contributed by atoms with Crippen LogP contribution in [0.3, 0.4) is 0 Å². The van der Waals surface area contributed by atoms with Gasteiger partial charge in [-0.1, -0.05) is 0 Å². The van der Waals surface area contributed by atoms with Crippen molar-refractivity contribution in [1.82, 2.24) is 10.6 Å². The first kappa shape index (κ1) is 15.8. The van der Waals surface area contributed by atoms with Crippen LogP contribution < -0.4 is 20.7 Å². The van der Waals surface area contributed by atoms with Crippen LogP contribution in [-0.4, -0.2) is 48.8 Å². The minimum atomic E-state index is -0.446. The lowest BCUT2D eigenvalue weighted by atomic mass is 10.0. The van der Waals surface area contributed by atoms with Crippen molar-refractivity contribution in [2.45, 2.75) is 31.4 Å². The van der Waals surface area contributed by atoms with Crippen molar-refractivity contribution in [1.29, 1.82) is 0 Å². The van der Waals surface area contributed by atoms with Crippen LogP contribution in [0.1, 0.15) is 18.4 Å². The second kappa shape index (κ2) is 6.97. The molecule has 1 saturated heterocycles. The van der Waals surface area contributed by atoms with E-state index in [0.29, 0.717) is 39.0 Å². The predicted molar refractivity (Wildman–Crippen MR) is 84.3 cm³/mol. The van der Waals surface area contributed by atoms with E-state index in [1.54, 1.807) is 6.07 Å². The van der Waals surface area contributed by atoms with Gasteiger partial charge in [-0.05, 0) is 36.6 Å². The van der Waals surface area contributed by atoms with Gasteiger partial charge in [-0.25, -0.2) is 0 Å². The van der Waals surface area contributed by atoms with E-state index in [1.807, 2.05) is 12.1 Å². The van der Waals surface area contributed by atoms with Crippen molar-refractivity contribution in [3.8, 4) is 5.75 Å². The fraction of sp³-hybridized carbons (Fsp3) is 0.500. The predicted octanol–water partition coefficient (Wildman–Crippen LogP) is -0.211. The zero-order valence-corrected chi connectivity index (χ0v) is 12.8. The Labute approximate surface area is 134 Å². The summed E-state index contributed by atoms with van der Waals surface area (Å²) in [5, 5.41) is 18.0. The highest BCUT2D eigenvalue weighted by molar-refractivity contribution is 5.94. The van der Waals surface area contributed by atoms with Gasteiger partial charge in [-0.3, -0.25) is 9.59 Å². The monoisotopic (exact) mass is 319 g/mol. The van der Waals surface area contributed by atoms with Crippen molar-refractivity contribution in [2.24, 2.45) is 0 Å². The van der Waals surface area contributed by atoms with Gasteiger partial charge in [0, 0.05) is 18.7 Å². The number of aliphatic hydroxyl groups is 1. The molecule has 1 aromatic carbocycles. The summed E-state index contributed by atoms with van der Waals surface area (Å²) in [5.41, 5.74) is 1.91. The zero-order chi connectivity index (χ0) is 16.2. The third kappa shape index (κ3) is 4.00. The van der Waals surface area contributed by atoms with E-state index in [9.17, 15) is 14.7 Å². The van der Waals surface area contributed by atoms with Crippen molar-refractivity contribution in [3.63, 3.8) is 0 Å². The van der Waals surface area contributed by atoms with Gasteiger partial charge in [0.05, 0.1) is 18.7 Å². The molecule has 0 aliphatic carbocycles. The lowest BCUT2D eigenvalue weighted by molar-refractivity contribution is -0.123. The fourth-order valence-electron chi connectivity index (χ4n) is 2.83. The van der Waals surface area contributed by atoms with Gasteiger partial charge in [0.15, 0.2) is 0 Å². The number of hydrogen-bond acceptors (Lipinski definition) is 5. The van der Waals surface area contributed by atoms with Gasteiger partial charge in [-0.2, -0.15) is 0 Å². The van der Waals surface area contributed by atoms with E-state index in [1.165, 1.54) is 0 Å². The quantitative estimate of drug-likeness (QED) is 0.563. The summed E-state index contributed by atoms with van der Waals surface area (Å²) in [6.07, 6.45) is 1.21. The van der Waals surface area contributed by atoms with Gasteiger partial charge < -0.3 is 25.8 Å². The van der Waals surface area contributed by atoms with Gasteiger partial charge >= 0.3 is 0 Å². The molecule has 2 amide bonds. The number of fused-ring (bicyclic) bond motifs is 1. The van der Waals surface area contributed by atoms with Gasteiger partial charge in [0.1, 0.15) is 12.4 Å². The number of β-amino-alcohol motifs (C(OH)–C–C–N with tert-alkyl or cyclic N) is 1. The smallest absolute Gasteiger partial charge is 0.237 e. The Morgan fingerprint density at radius 1 is 1.39 bits per heavy atom. The van der Waals surface area contributed by atoms with E-state index < -0.39 is 6.10 Å². The number of aryl methyl sites for hydroxylation is 1. The number of ether oxygens (including phenoxy) is 1. The summed E-state index contributed by atoms with van der Waals surface area (Å²) in [7, 11) is 0. The molecule has 0 spiro atoms. The molecule has 2 heterocycles. The number of hydrogen-bond donors (Lipinski definition) is 4. The molecule has 0 unspecified atom stereocenters. The van der Waals surface area contributed by atoms with E-state index >= 15 is 0 Å². The molecule has 3 rings (SSSR count). The van der Waals surface area contributed by atoms with Crippen LogP contribution in [0.15, 0.2) is 18.2 Å². The van der Waals surface area contributed by atoms with Crippen LogP contribution >= 0.6 is 0 Å². The number of amides is 2. The minimum Gasteiger partial charge on any atom is -0.492 e. The standard InChI is InChI=1S/C16H21N3O4/c20-11-8-14(18-9-11)16(22)17-5-6-23-12-2-3-13-10(7-12)1-4-15(21)19-13/h2-3,7,11,14,18,20H,1,4-6,8-9H2,(H,17,22)(H,19,21)/t11-,14-/m0/s1. The molecule has 1 aromatic rings. The van der Waals surface area contributed by atoms with Crippen LogP contribution in [0.4, 0.5) is 5.69 Å². The summed E-state index contributed by atoms with van der Waals surface area (Å²) in [5.74, 6) is 0.654. The second-order valence-electron chi connectivity index (χ2n) is 5.86. The molecule has 0 saturated carbocycles. The number of carbonyl (C=O) groups excluding carboxylic acids is 2. The number of anilines is 1. The number of benzene rings is 1. The van der Waals surface area contributed by atoms with Crippen LogP contribution in [-0.2, 0) is 16.0 Å². The molecule has 0 aromatic heterocycles. The molecule has 0 radical (unpaired) electrons. The van der Waals surface area contributed by atoms with Crippen molar-refractivity contribution in [2.75, 3.05) is 25.0 Å². The highest BCUT2D eigenvalue weighted by Crippen LogP contribution is 2.26. The van der Waals surface area contributed by atoms with Crippen molar-refractivity contribution >= 4 is 17.5 Å². The number of rotatable bonds is 5. The lowest BCUT2D eigenvalue weighted by Gasteiger charge is -2.18. The Morgan fingerprint density at radius 3 is 3.04 bits per heavy atom. The number of carbonyl (C=O) groups is 2. The Bertz CT molecular complexity index is 605. The van der Waals surface area contributed by atoms with Gasteiger partial charge in [0.25, 0.3) is 0 Å². The van der Waals surface area contributed by atoms with Crippen molar-refractivity contribution < 1.29 is 19.4 Å². The molecule has 2 atom stereocenters. The maximum atomic E-state index is 11.8. The number of nitrogens with one attached hydrogen (secondary N) is 3. The molecule has 7 nitrogen and oxygen atoms in total. The SMILES string of the molecule is O=C1CCc2cc(OCCNC(=O)[C@@H]3C[C@H](O)CN3)ccc2N1. The molecule has 2 aliphatic heterocycles. The second-order valence-corrected chi connectivity index (χ2v) is 5.86. The van der Waals surface area contributed by atoms with E-state index in [4.69, 9.17) is 4.74 Å². The molecular formula is C16H21N3O4.